The molecule has 0 saturated heterocycles. The predicted octanol–water partition coefficient (Wildman–Crippen LogP) is 1.08. The van der Waals surface area contributed by atoms with Crippen molar-refractivity contribution in [2.45, 2.75) is 36.3 Å². The fourth-order valence-corrected chi connectivity index (χ4v) is 3.71. The van der Waals surface area contributed by atoms with Crippen LogP contribution in [-0.2, 0) is 16.6 Å². The zero-order valence-corrected chi connectivity index (χ0v) is 13.1. The molecule has 0 heterocycles. The molecule has 2 N–H and O–H groups in total. The maximum Gasteiger partial charge on any atom is 0.243 e. The summed E-state index contributed by atoms with van der Waals surface area (Å²) in [5.41, 5.74) is 0.171. The highest BCUT2D eigenvalue weighted by molar-refractivity contribution is 7.89. The number of aliphatic hydroxyl groups is 1. The molecule has 1 saturated carbocycles. The second-order valence-corrected chi connectivity index (χ2v) is 7.46. The molecule has 0 radical (unpaired) electrons. The number of hydrogen-bond acceptors (Lipinski definition) is 4. The van der Waals surface area contributed by atoms with Gasteiger partial charge in [0.15, 0.2) is 0 Å². The standard InChI is InChI=1S/C14H21FN2O3S/c1-17(2)14(6-3-7-14)10-16-21(19,20)13-5-4-11(9-18)8-12(13)15/h4-5,8,16,18H,3,6-7,9-10H2,1-2H3. The van der Waals surface area contributed by atoms with Gasteiger partial charge in [0.05, 0.1) is 6.61 Å². The van der Waals surface area contributed by atoms with Gasteiger partial charge < -0.3 is 10.0 Å². The Balaban J connectivity index is 2.15. The maximum atomic E-state index is 13.9. The molecule has 1 aromatic rings. The Morgan fingerprint density at radius 3 is 2.48 bits per heavy atom. The fraction of sp³-hybridized carbons (Fsp3) is 0.571. The van der Waals surface area contributed by atoms with Gasteiger partial charge in [-0.05, 0) is 51.1 Å². The molecule has 0 unspecified atom stereocenters. The van der Waals surface area contributed by atoms with Gasteiger partial charge in [-0.25, -0.2) is 17.5 Å². The fourth-order valence-electron chi connectivity index (χ4n) is 2.53. The summed E-state index contributed by atoms with van der Waals surface area (Å²) in [4.78, 5) is 1.64. The van der Waals surface area contributed by atoms with Crippen molar-refractivity contribution >= 4 is 10.0 Å². The Morgan fingerprint density at radius 2 is 2.05 bits per heavy atom. The first-order valence-corrected chi connectivity index (χ1v) is 8.35. The molecular formula is C14H21FN2O3S. The molecule has 118 valence electrons. The van der Waals surface area contributed by atoms with Crippen LogP contribution in [0.1, 0.15) is 24.8 Å². The van der Waals surface area contributed by atoms with Gasteiger partial charge in [0.25, 0.3) is 0 Å². The van der Waals surface area contributed by atoms with E-state index in [1.165, 1.54) is 12.1 Å². The average Bonchev–Trinajstić information content (AvgIpc) is 2.36. The lowest BCUT2D eigenvalue weighted by atomic mass is 9.76. The second-order valence-electron chi connectivity index (χ2n) is 5.72. The molecule has 7 heteroatoms. The normalized spacial score (nSPS) is 17.8. The zero-order chi connectivity index (χ0) is 15.7. The van der Waals surface area contributed by atoms with E-state index in [-0.39, 0.29) is 23.6 Å². The van der Waals surface area contributed by atoms with Crippen LogP contribution in [0.15, 0.2) is 23.1 Å². The van der Waals surface area contributed by atoms with Crippen molar-refractivity contribution in [1.82, 2.24) is 9.62 Å². The minimum Gasteiger partial charge on any atom is -0.392 e. The molecule has 1 aromatic carbocycles. The van der Waals surface area contributed by atoms with Crippen molar-refractivity contribution in [3.8, 4) is 0 Å². The van der Waals surface area contributed by atoms with Crippen LogP contribution in [0.3, 0.4) is 0 Å². The summed E-state index contributed by atoms with van der Waals surface area (Å²) in [5.74, 6) is -0.846. The largest absolute Gasteiger partial charge is 0.392 e. The predicted molar refractivity (Wildman–Crippen MR) is 77.8 cm³/mol. The van der Waals surface area contributed by atoms with Crippen molar-refractivity contribution in [2.24, 2.45) is 0 Å². The third-order valence-corrected chi connectivity index (χ3v) is 5.73. The first kappa shape index (κ1) is 16.4. The zero-order valence-electron chi connectivity index (χ0n) is 12.3. The minimum atomic E-state index is -3.89. The van der Waals surface area contributed by atoms with Crippen molar-refractivity contribution in [3.63, 3.8) is 0 Å². The summed E-state index contributed by atoms with van der Waals surface area (Å²) < 4.78 is 40.8. The van der Waals surface area contributed by atoms with Gasteiger partial charge in [-0.1, -0.05) is 6.07 Å². The van der Waals surface area contributed by atoms with Crippen molar-refractivity contribution in [1.29, 1.82) is 0 Å². The summed E-state index contributed by atoms with van der Waals surface area (Å²) in [7, 11) is -0.0507. The van der Waals surface area contributed by atoms with Gasteiger partial charge in [-0.3, -0.25) is 0 Å². The number of sulfonamides is 1. The van der Waals surface area contributed by atoms with Crippen LogP contribution in [0.5, 0.6) is 0 Å². The second kappa shape index (κ2) is 6.00. The van der Waals surface area contributed by atoms with Crippen LogP contribution in [-0.4, -0.2) is 44.6 Å². The summed E-state index contributed by atoms with van der Waals surface area (Å²) in [5, 5.41) is 8.93. The molecule has 21 heavy (non-hydrogen) atoms. The van der Waals surface area contributed by atoms with Crippen LogP contribution in [0.4, 0.5) is 4.39 Å². The number of aliphatic hydroxyl groups excluding tert-OH is 1. The van der Waals surface area contributed by atoms with E-state index in [1.54, 1.807) is 0 Å². The van der Waals surface area contributed by atoms with Crippen LogP contribution < -0.4 is 4.72 Å². The van der Waals surface area contributed by atoms with E-state index < -0.39 is 15.8 Å². The number of rotatable bonds is 6. The molecule has 0 atom stereocenters. The number of nitrogens with zero attached hydrogens (tertiary/aromatic N) is 1. The number of nitrogens with one attached hydrogen (secondary N) is 1. The number of benzene rings is 1. The van der Waals surface area contributed by atoms with Crippen LogP contribution in [0, 0.1) is 5.82 Å². The van der Waals surface area contributed by atoms with Gasteiger partial charge in [-0.15, -0.1) is 0 Å². The summed E-state index contributed by atoms with van der Waals surface area (Å²) >= 11 is 0. The van der Waals surface area contributed by atoms with Gasteiger partial charge >= 0.3 is 0 Å². The Labute approximate surface area is 124 Å². The Bertz CT molecular complexity index is 613. The highest BCUT2D eigenvalue weighted by Crippen LogP contribution is 2.35. The number of halogens is 1. The molecule has 0 amide bonds. The molecular weight excluding hydrogens is 295 g/mol. The van der Waals surface area contributed by atoms with E-state index in [9.17, 15) is 12.8 Å². The summed E-state index contributed by atoms with van der Waals surface area (Å²) in [6, 6.07) is 3.63. The van der Waals surface area contributed by atoms with Crippen LogP contribution in [0.2, 0.25) is 0 Å². The Kier molecular flexibility index (Phi) is 4.67. The van der Waals surface area contributed by atoms with E-state index in [0.717, 1.165) is 25.3 Å². The minimum absolute atomic E-state index is 0.172. The van der Waals surface area contributed by atoms with Gasteiger partial charge in [0, 0.05) is 12.1 Å². The topological polar surface area (TPSA) is 69.6 Å². The molecule has 0 spiro atoms. The average molecular weight is 316 g/mol. The smallest absolute Gasteiger partial charge is 0.243 e. The van der Waals surface area contributed by atoms with Crippen LogP contribution in [0.25, 0.3) is 0 Å². The molecule has 1 fully saturated rings. The van der Waals surface area contributed by atoms with Crippen molar-refractivity contribution < 1.29 is 17.9 Å². The van der Waals surface area contributed by atoms with Gasteiger partial charge in [0.1, 0.15) is 10.7 Å². The van der Waals surface area contributed by atoms with Crippen molar-refractivity contribution in [3.05, 3.63) is 29.6 Å². The third kappa shape index (κ3) is 3.26. The first-order chi connectivity index (χ1) is 9.81. The monoisotopic (exact) mass is 316 g/mol. The van der Waals surface area contributed by atoms with Gasteiger partial charge in [0.2, 0.25) is 10.0 Å². The highest BCUT2D eigenvalue weighted by Gasteiger charge is 2.40. The first-order valence-electron chi connectivity index (χ1n) is 6.87. The van der Waals surface area contributed by atoms with Gasteiger partial charge in [-0.2, -0.15) is 0 Å². The van der Waals surface area contributed by atoms with Crippen LogP contribution >= 0.6 is 0 Å². The SMILES string of the molecule is CN(C)C1(CNS(=O)(=O)c2ccc(CO)cc2F)CCC1. The quantitative estimate of drug-likeness (QED) is 0.824. The van der Waals surface area contributed by atoms with E-state index in [1.807, 2.05) is 19.0 Å². The molecule has 0 aromatic heterocycles. The molecule has 0 bridgehead atoms. The Hall–Kier alpha value is -1.02. The van der Waals surface area contributed by atoms with E-state index in [4.69, 9.17) is 5.11 Å². The highest BCUT2D eigenvalue weighted by atomic mass is 32.2. The summed E-state index contributed by atoms with van der Waals surface area (Å²) in [6.45, 7) is -0.0576. The lowest BCUT2D eigenvalue weighted by Crippen LogP contribution is -2.57. The third-order valence-electron chi connectivity index (χ3n) is 4.29. The number of hydrogen-bond donors (Lipinski definition) is 2. The summed E-state index contributed by atoms with van der Waals surface area (Å²) in [6.07, 6.45) is 2.92. The maximum absolute atomic E-state index is 13.9. The molecule has 1 aliphatic carbocycles. The molecule has 2 rings (SSSR count). The van der Waals surface area contributed by atoms with E-state index in [2.05, 4.69) is 4.72 Å². The number of likely N-dealkylation sites (N-methyl/N-ethyl adjacent to an activating group) is 1. The van der Waals surface area contributed by atoms with Crippen molar-refractivity contribution in [2.75, 3.05) is 20.6 Å². The molecule has 5 nitrogen and oxygen atoms in total. The molecule has 1 aliphatic rings. The van der Waals surface area contributed by atoms with E-state index >= 15 is 0 Å². The lowest BCUT2D eigenvalue weighted by Gasteiger charge is -2.47. The Morgan fingerprint density at radius 1 is 1.38 bits per heavy atom. The van der Waals surface area contributed by atoms with E-state index in [0.29, 0.717) is 5.56 Å². The molecule has 0 aliphatic heterocycles. The lowest BCUT2D eigenvalue weighted by molar-refractivity contribution is 0.0656.